The predicted molar refractivity (Wildman–Crippen MR) is 122 cm³/mol. The van der Waals surface area contributed by atoms with Gasteiger partial charge in [0.25, 0.3) is 5.56 Å². The smallest absolute Gasteiger partial charge is 0.286 e. The molecule has 0 bridgehead atoms. The molecule has 0 radical (unpaired) electrons. The average Bonchev–Trinajstić information content (AvgIpc) is 3.32. The number of hydrazine groups is 1. The summed E-state index contributed by atoms with van der Waals surface area (Å²) in [4.78, 5) is 42.3. The van der Waals surface area contributed by atoms with E-state index in [2.05, 4.69) is 35.8 Å². The van der Waals surface area contributed by atoms with Crippen LogP contribution in [0.4, 0.5) is 5.13 Å². The summed E-state index contributed by atoms with van der Waals surface area (Å²) in [5.41, 5.74) is 3.26. The number of thiazole rings is 1. The van der Waals surface area contributed by atoms with Gasteiger partial charge in [-0.1, -0.05) is 23.9 Å². The Labute approximate surface area is 188 Å². The van der Waals surface area contributed by atoms with E-state index in [1.165, 1.54) is 28.3 Å². The molecule has 4 rings (SSSR count). The molecule has 1 aromatic carbocycles. The third-order valence-corrected chi connectivity index (χ3v) is 5.76. The molecule has 0 spiro atoms. The molecule has 12 nitrogen and oxygen atoms in total. The van der Waals surface area contributed by atoms with Crippen LogP contribution in [0.5, 0.6) is 0 Å². The molecule has 1 amide bonds. The molecular weight excluding hydrogens is 452 g/mol. The largest absolute Gasteiger partial charge is 0.321 e. The number of thioether (sulfide) groups is 1. The Morgan fingerprint density at radius 1 is 1.22 bits per heavy atom. The van der Waals surface area contributed by atoms with E-state index < -0.39 is 5.56 Å². The number of hydrogen-bond donors (Lipinski definition) is 4. The molecule has 0 aliphatic heterocycles. The number of rotatable bonds is 6. The van der Waals surface area contributed by atoms with Crippen LogP contribution in [0.3, 0.4) is 0 Å². The first-order chi connectivity index (χ1) is 15.6. The van der Waals surface area contributed by atoms with Crippen molar-refractivity contribution in [2.45, 2.75) is 5.16 Å². The summed E-state index contributed by atoms with van der Waals surface area (Å²) < 4.78 is 1.35. The first-order valence-corrected chi connectivity index (χ1v) is 10.9. The van der Waals surface area contributed by atoms with E-state index in [9.17, 15) is 9.59 Å². The van der Waals surface area contributed by atoms with Crippen LogP contribution >= 0.6 is 23.1 Å². The van der Waals surface area contributed by atoms with Gasteiger partial charge in [0.15, 0.2) is 27.3 Å². The van der Waals surface area contributed by atoms with E-state index in [0.717, 1.165) is 11.8 Å². The minimum atomic E-state index is -0.435. The van der Waals surface area contributed by atoms with Crippen LogP contribution in [-0.2, 0) is 4.79 Å². The fourth-order valence-electron chi connectivity index (χ4n) is 2.78. The number of fused-ring (bicyclic) bond motifs is 1. The maximum Gasteiger partial charge on any atom is 0.286 e. The van der Waals surface area contributed by atoms with Crippen molar-refractivity contribution >= 4 is 51.1 Å². The van der Waals surface area contributed by atoms with Crippen molar-refractivity contribution in [2.24, 2.45) is 16.8 Å². The van der Waals surface area contributed by atoms with Crippen LogP contribution in [0.15, 0.2) is 63.3 Å². The Bertz CT molecular complexity index is 1350. The van der Waals surface area contributed by atoms with Gasteiger partial charge in [-0.3, -0.25) is 14.2 Å². The monoisotopic (exact) mass is 468 g/mol. The number of carbonyl (C=O) groups is 1. The van der Waals surface area contributed by atoms with E-state index in [0.29, 0.717) is 16.4 Å². The molecule has 4 aromatic rings. The minimum absolute atomic E-state index is 0.00264. The molecule has 0 atom stereocenters. The van der Waals surface area contributed by atoms with Crippen LogP contribution < -0.4 is 28.0 Å². The zero-order valence-corrected chi connectivity index (χ0v) is 17.9. The van der Waals surface area contributed by atoms with E-state index in [1.54, 1.807) is 35.8 Å². The fraction of sp³-hybridized carbons (Fsp3) is 0.0556. The number of nitrogens with two attached hydrogens (primary N) is 2. The molecule has 162 valence electrons. The van der Waals surface area contributed by atoms with Crippen LogP contribution in [0, 0.1) is 0 Å². The third kappa shape index (κ3) is 4.41. The molecule has 6 N–H and O–H groups in total. The number of amidine groups is 1. The van der Waals surface area contributed by atoms with Gasteiger partial charge in [0.05, 0.1) is 11.4 Å². The van der Waals surface area contributed by atoms with Crippen molar-refractivity contribution in [3.63, 3.8) is 0 Å². The first-order valence-electron chi connectivity index (χ1n) is 9.02. The maximum absolute atomic E-state index is 13.3. The van der Waals surface area contributed by atoms with Gasteiger partial charge in [-0.2, -0.15) is 5.10 Å². The summed E-state index contributed by atoms with van der Waals surface area (Å²) in [6, 6.07) is 6.81. The third-order valence-electron chi connectivity index (χ3n) is 4.13. The first kappa shape index (κ1) is 21.4. The van der Waals surface area contributed by atoms with Crippen molar-refractivity contribution in [3.8, 4) is 5.69 Å². The van der Waals surface area contributed by atoms with E-state index >= 15 is 0 Å². The van der Waals surface area contributed by atoms with Crippen LogP contribution in [0.25, 0.3) is 16.9 Å². The number of amides is 1. The topological polar surface area (TPSA) is 179 Å². The fourth-order valence-corrected chi connectivity index (χ4v) is 4.13. The van der Waals surface area contributed by atoms with Crippen molar-refractivity contribution < 1.29 is 4.79 Å². The molecule has 0 aliphatic rings. The number of benzene rings is 1. The van der Waals surface area contributed by atoms with Gasteiger partial charge in [-0.25, -0.2) is 25.8 Å². The lowest BCUT2D eigenvalue weighted by atomic mass is 10.2. The van der Waals surface area contributed by atoms with E-state index in [1.807, 2.05) is 0 Å². The van der Waals surface area contributed by atoms with Gasteiger partial charge in [0.1, 0.15) is 0 Å². The Kier molecular flexibility index (Phi) is 6.34. The number of aromatic nitrogens is 5. The highest BCUT2D eigenvalue weighted by atomic mass is 32.2. The highest BCUT2D eigenvalue weighted by Gasteiger charge is 2.17. The van der Waals surface area contributed by atoms with Gasteiger partial charge >= 0.3 is 0 Å². The molecule has 3 aromatic heterocycles. The number of anilines is 1. The SMILES string of the molecule is N/N=C(\NN)c1cccc(-n2c(SCC(=O)Nc3nccs3)nc3nccnc3c2=O)c1. The summed E-state index contributed by atoms with van der Waals surface area (Å²) >= 11 is 2.39. The Balaban J connectivity index is 1.75. The minimum Gasteiger partial charge on any atom is -0.321 e. The number of nitrogens with one attached hydrogen (secondary N) is 2. The zero-order chi connectivity index (χ0) is 22.5. The van der Waals surface area contributed by atoms with Gasteiger partial charge in [-0.05, 0) is 12.1 Å². The molecule has 0 fully saturated rings. The molecule has 0 saturated carbocycles. The van der Waals surface area contributed by atoms with Gasteiger partial charge < -0.3 is 16.6 Å². The number of hydrogen-bond acceptors (Lipinski definition) is 11. The molecule has 0 unspecified atom stereocenters. The van der Waals surface area contributed by atoms with Crippen molar-refractivity contribution in [3.05, 3.63) is 64.2 Å². The molecule has 0 saturated heterocycles. The summed E-state index contributed by atoms with van der Waals surface area (Å²) in [7, 11) is 0. The second-order valence-electron chi connectivity index (χ2n) is 6.11. The van der Waals surface area contributed by atoms with Gasteiger partial charge in [-0.15, -0.1) is 11.3 Å². The van der Waals surface area contributed by atoms with Crippen molar-refractivity contribution in [1.29, 1.82) is 0 Å². The van der Waals surface area contributed by atoms with Crippen molar-refractivity contribution in [2.75, 3.05) is 11.1 Å². The lowest BCUT2D eigenvalue weighted by Gasteiger charge is -2.13. The molecule has 14 heteroatoms. The Hall–Kier alpha value is -3.88. The summed E-state index contributed by atoms with van der Waals surface area (Å²) in [5.74, 6) is 10.8. The normalized spacial score (nSPS) is 11.5. The highest BCUT2D eigenvalue weighted by molar-refractivity contribution is 7.99. The summed E-state index contributed by atoms with van der Waals surface area (Å²) in [6.07, 6.45) is 4.45. The standard InChI is InChI=1S/C18H16N10O2S2/c19-26-14(27-20)10-2-1-3-11(8-10)28-16(30)13-15(22-5-4-21-13)25-18(28)32-9-12(29)24-17-23-6-7-31-17/h1-8H,9,19-20H2,(H,26,27)(H,23,24,29). The predicted octanol–water partition coefficient (Wildman–Crippen LogP) is 0.447. The highest BCUT2D eigenvalue weighted by Crippen LogP contribution is 2.21. The second kappa shape index (κ2) is 9.51. The average molecular weight is 469 g/mol. The zero-order valence-electron chi connectivity index (χ0n) is 16.3. The van der Waals surface area contributed by atoms with Crippen molar-refractivity contribution in [1.82, 2.24) is 29.9 Å². The summed E-state index contributed by atoms with van der Waals surface area (Å²) in [5, 5.41) is 8.80. The quantitative estimate of drug-likeness (QED) is 0.0775. The molecule has 0 aliphatic carbocycles. The Morgan fingerprint density at radius 3 is 2.81 bits per heavy atom. The van der Waals surface area contributed by atoms with Gasteiger partial charge in [0, 0.05) is 29.5 Å². The van der Waals surface area contributed by atoms with Crippen LogP contribution in [-0.4, -0.2) is 42.0 Å². The lowest BCUT2D eigenvalue weighted by Crippen LogP contribution is -2.32. The van der Waals surface area contributed by atoms with Crippen LogP contribution in [0.2, 0.25) is 0 Å². The van der Waals surface area contributed by atoms with Gasteiger partial charge in [0.2, 0.25) is 5.91 Å². The lowest BCUT2D eigenvalue weighted by molar-refractivity contribution is -0.113. The number of nitrogens with zero attached hydrogens (tertiary/aromatic N) is 6. The molecular formula is C18H16N10O2S2. The maximum atomic E-state index is 13.3. The number of carbonyl (C=O) groups excluding carboxylic acids is 1. The van der Waals surface area contributed by atoms with E-state index in [4.69, 9.17) is 11.7 Å². The number of hydrazone groups is 1. The van der Waals surface area contributed by atoms with Crippen LogP contribution in [0.1, 0.15) is 5.56 Å². The van der Waals surface area contributed by atoms with E-state index in [-0.39, 0.29) is 33.8 Å². The molecule has 3 heterocycles. The Morgan fingerprint density at radius 2 is 2.06 bits per heavy atom. The second-order valence-corrected chi connectivity index (χ2v) is 7.95. The summed E-state index contributed by atoms with van der Waals surface area (Å²) in [6.45, 7) is 0. The molecule has 32 heavy (non-hydrogen) atoms.